The predicted molar refractivity (Wildman–Crippen MR) is 81.7 cm³/mol. The number of hydrogen-bond donors (Lipinski definition) is 1. The zero-order chi connectivity index (χ0) is 14.3. The van der Waals surface area contributed by atoms with Crippen LogP contribution < -0.4 is 15.5 Å². The number of benzene rings is 1. The van der Waals surface area contributed by atoms with Crippen LogP contribution in [0, 0.1) is 0 Å². The Morgan fingerprint density at radius 1 is 1.25 bits per heavy atom. The lowest BCUT2D eigenvalue weighted by atomic mass is 10.00. The van der Waals surface area contributed by atoms with Gasteiger partial charge in [0.1, 0.15) is 5.75 Å². The third-order valence-electron chi connectivity index (χ3n) is 4.24. The molecule has 2 N–H and O–H groups in total. The molecule has 1 aromatic heterocycles. The zero-order valence-corrected chi connectivity index (χ0v) is 12.3. The van der Waals surface area contributed by atoms with Crippen LogP contribution in [0.2, 0.25) is 0 Å². The van der Waals surface area contributed by atoms with Crippen molar-refractivity contribution in [2.75, 3.05) is 17.9 Å². The van der Waals surface area contributed by atoms with E-state index in [1.54, 1.807) is 7.11 Å². The number of hydrogen-bond acceptors (Lipinski definition) is 4. The summed E-state index contributed by atoms with van der Waals surface area (Å²) in [6, 6.07) is 6.81. The lowest BCUT2D eigenvalue weighted by Crippen LogP contribution is -2.51. The van der Waals surface area contributed by atoms with Gasteiger partial charge in [-0.25, -0.2) is 9.66 Å². The van der Waals surface area contributed by atoms with Crippen LogP contribution in [0.5, 0.6) is 5.75 Å². The number of piperidine rings is 1. The van der Waals surface area contributed by atoms with E-state index in [0.717, 1.165) is 16.8 Å². The van der Waals surface area contributed by atoms with Gasteiger partial charge < -0.3 is 15.5 Å². The van der Waals surface area contributed by atoms with Crippen LogP contribution in [0.1, 0.15) is 33.1 Å². The van der Waals surface area contributed by atoms with Crippen molar-refractivity contribution in [3.8, 4) is 5.75 Å². The molecule has 1 aliphatic heterocycles. The van der Waals surface area contributed by atoms with E-state index in [9.17, 15) is 0 Å². The summed E-state index contributed by atoms with van der Waals surface area (Å²) >= 11 is 0. The molecule has 1 fully saturated rings. The van der Waals surface area contributed by atoms with Gasteiger partial charge in [-0.15, -0.1) is 0 Å². The maximum absolute atomic E-state index is 6.17. The Hall–Kier alpha value is -1.91. The third kappa shape index (κ3) is 1.97. The van der Waals surface area contributed by atoms with Crippen LogP contribution >= 0.6 is 0 Å². The number of imidazole rings is 1. The molecule has 5 nitrogen and oxygen atoms in total. The lowest BCUT2D eigenvalue weighted by Gasteiger charge is -2.41. The monoisotopic (exact) mass is 274 g/mol. The van der Waals surface area contributed by atoms with Gasteiger partial charge in [0.25, 0.3) is 0 Å². The molecule has 20 heavy (non-hydrogen) atoms. The molecular weight excluding hydrogens is 252 g/mol. The number of aromatic nitrogens is 2. The number of nitrogens with zero attached hydrogens (tertiary/aromatic N) is 3. The first-order valence-electron chi connectivity index (χ1n) is 7.22. The van der Waals surface area contributed by atoms with Gasteiger partial charge in [0.2, 0.25) is 5.95 Å². The molecule has 0 spiro atoms. The van der Waals surface area contributed by atoms with Gasteiger partial charge in [0, 0.05) is 18.2 Å². The molecule has 3 rings (SSSR count). The number of nitrogen functional groups attached to an aromatic ring is 1. The van der Waals surface area contributed by atoms with E-state index in [2.05, 4.69) is 28.5 Å². The number of ether oxygens (including phenoxy) is 1. The van der Waals surface area contributed by atoms with E-state index in [-0.39, 0.29) is 0 Å². The second-order valence-electron chi connectivity index (χ2n) is 5.65. The largest absolute Gasteiger partial charge is 0.497 e. The van der Waals surface area contributed by atoms with E-state index < -0.39 is 0 Å². The van der Waals surface area contributed by atoms with E-state index >= 15 is 0 Å². The smallest absolute Gasteiger partial charge is 0.220 e. The molecule has 108 valence electrons. The van der Waals surface area contributed by atoms with Gasteiger partial charge in [-0.2, -0.15) is 0 Å². The zero-order valence-electron chi connectivity index (χ0n) is 12.3. The number of anilines is 1. The van der Waals surface area contributed by atoms with Crippen molar-refractivity contribution in [2.45, 2.75) is 45.2 Å². The van der Waals surface area contributed by atoms with Crippen LogP contribution in [-0.2, 0) is 0 Å². The minimum atomic E-state index is 0.463. The molecule has 0 bridgehead atoms. The average Bonchev–Trinajstić information content (AvgIpc) is 2.74. The highest BCUT2D eigenvalue weighted by Crippen LogP contribution is 2.28. The van der Waals surface area contributed by atoms with Crippen LogP contribution in [0.4, 0.5) is 5.95 Å². The fourth-order valence-electron chi connectivity index (χ4n) is 3.23. The fraction of sp³-hybridized carbons (Fsp3) is 0.533. The van der Waals surface area contributed by atoms with Crippen LogP contribution in [0.15, 0.2) is 18.2 Å². The predicted octanol–water partition coefficient (Wildman–Crippen LogP) is 2.53. The second kappa shape index (κ2) is 4.89. The molecule has 0 saturated carbocycles. The van der Waals surface area contributed by atoms with Gasteiger partial charge in [-0.1, -0.05) is 0 Å². The number of fused-ring (bicyclic) bond motifs is 1. The van der Waals surface area contributed by atoms with Gasteiger partial charge in [-0.05, 0) is 45.2 Å². The Balaban J connectivity index is 2.16. The highest BCUT2D eigenvalue weighted by molar-refractivity contribution is 5.80. The highest BCUT2D eigenvalue weighted by atomic mass is 16.5. The second-order valence-corrected chi connectivity index (χ2v) is 5.65. The minimum Gasteiger partial charge on any atom is -0.497 e. The molecule has 2 atom stereocenters. The summed E-state index contributed by atoms with van der Waals surface area (Å²) < 4.78 is 7.39. The Labute approximate surface area is 119 Å². The summed E-state index contributed by atoms with van der Waals surface area (Å²) in [5.41, 5.74) is 8.10. The first-order chi connectivity index (χ1) is 9.61. The molecule has 0 amide bonds. The van der Waals surface area contributed by atoms with Gasteiger partial charge in [0.05, 0.1) is 18.1 Å². The standard InChI is InChI=1S/C15H22N4O/c1-10-5-4-6-11(2)18(10)19-14-9-12(20-3)7-8-13(14)17-15(19)16/h7-11H,4-6H2,1-3H3,(H2,16,17). The quantitative estimate of drug-likeness (QED) is 0.914. The lowest BCUT2D eigenvalue weighted by molar-refractivity contribution is 0.343. The van der Waals surface area contributed by atoms with Gasteiger partial charge >= 0.3 is 0 Å². The molecule has 1 saturated heterocycles. The summed E-state index contributed by atoms with van der Waals surface area (Å²) in [5.74, 6) is 1.38. The topological polar surface area (TPSA) is 56.3 Å². The Kier molecular flexibility index (Phi) is 3.20. The average molecular weight is 274 g/mol. The van der Waals surface area contributed by atoms with Crippen molar-refractivity contribution in [1.29, 1.82) is 0 Å². The van der Waals surface area contributed by atoms with Crippen molar-refractivity contribution in [1.82, 2.24) is 9.66 Å². The molecule has 2 unspecified atom stereocenters. The van der Waals surface area contributed by atoms with Crippen molar-refractivity contribution in [2.24, 2.45) is 0 Å². The normalized spacial score (nSPS) is 23.2. The van der Waals surface area contributed by atoms with Crippen LogP contribution in [-0.4, -0.2) is 28.9 Å². The van der Waals surface area contributed by atoms with Gasteiger partial charge in [0.15, 0.2) is 0 Å². The summed E-state index contributed by atoms with van der Waals surface area (Å²) in [7, 11) is 1.68. The SMILES string of the molecule is COc1ccc2nc(N)n(N3C(C)CCCC3C)c2c1. The van der Waals surface area contributed by atoms with Crippen LogP contribution in [0.3, 0.4) is 0 Å². The van der Waals surface area contributed by atoms with E-state index in [1.165, 1.54) is 19.3 Å². The number of rotatable bonds is 2. The summed E-state index contributed by atoms with van der Waals surface area (Å²) in [6.07, 6.45) is 3.65. The number of nitrogens with two attached hydrogens (primary N) is 1. The molecule has 5 heteroatoms. The summed E-state index contributed by atoms with van der Waals surface area (Å²) in [6.45, 7) is 4.50. The maximum atomic E-state index is 6.17. The molecule has 2 aromatic rings. The van der Waals surface area contributed by atoms with Crippen molar-refractivity contribution in [3.63, 3.8) is 0 Å². The minimum absolute atomic E-state index is 0.463. The Morgan fingerprint density at radius 2 is 1.95 bits per heavy atom. The summed E-state index contributed by atoms with van der Waals surface area (Å²) in [5, 5.41) is 2.35. The molecule has 0 aliphatic carbocycles. The van der Waals surface area contributed by atoms with Gasteiger partial charge in [-0.3, -0.25) is 0 Å². The first-order valence-corrected chi connectivity index (χ1v) is 7.22. The molecule has 0 radical (unpaired) electrons. The molecule has 1 aromatic carbocycles. The Morgan fingerprint density at radius 3 is 2.60 bits per heavy atom. The van der Waals surface area contributed by atoms with E-state index in [4.69, 9.17) is 10.5 Å². The maximum Gasteiger partial charge on any atom is 0.220 e. The van der Waals surface area contributed by atoms with Crippen molar-refractivity contribution < 1.29 is 4.74 Å². The third-order valence-corrected chi connectivity index (χ3v) is 4.24. The van der Waals surface area contributed by atoms with Crippen molar-refractivity contribution in [3.05, 3.63) is 18.2 Å². The highest BCUT2D eigenvalue weighted by Gasteiger charge is 2.27. The first kappa shape index (κ1) is 13.1. The van der Waals surface area contributed by atoms with E-state index in [0.29, 0.717) is 18.0 Å². The fourth-order valence-corrected chi connectivity index (χ4v) is 3.23. The molecular formula is C15H22N4O. The van der Waals surface area contributed by atoms with Crippen LogP contribution in [0.25, 0.3) is 11.0 Å². The Bertz CT molecular complexity index is 612. The molecule has 2 heterocycles. The van der Waals surface area contributed by atoms with E-state index in [1.807, 2.05) is 18.2 Å². The molecule has 1 aliphatic rings. The number of methoxy groups -OCH3 is 1. The summed E-state index contributed by atoms with van der Waals surface area (Å²) in [4.78, 5) is 4.48. The van der Waals surface area contributed by atoms with Crippen molar-refractivity contribution >= 4 is 17.0 Å².